The van der Waals surface area contributed by atoms with Crippen molar-refractivity contribution < 1.29 is 9.90 Å². The van der Waals surface area contributed by atoms with Crippen molar-refractivity contribution in [3.63, 3.8) is 0 Å². The summed E-state index contributed by atoms with van der Waals surface area (Å²) in [6.45, 7) is 7.36. The van der Waals surface area contributed by atoms with E-state index >= 15 is 0 Å². The number of carbonyl (C=O) groups excluding carboxylic acids is 1. The number of benzene rings is 1. The molecule has 0 bridgehead atoms. The van der Waals surface area contributed by atoms with Crippen LogP contribution in [0.2, 0.25) is 0 Å². The van der Waals surface area contributed by atoms with Gasteiger partial charge < -0.3 is 10.0 Å². The topological polar surface area (TPSA) is 67.6 Å². The average molecular weight is 347 g/mol. The smallest absolute Gasteiger partial charge is 0.223 e. The summed E-state index contributed by atoms with van der Waals surface area (Å²) in [5.41, 5.74) is -0.0384. The summed E-state index contributed by atoms with van der Waals surface area (Å²) in [6, 6.07) is 9.53. The molecule has 2 rings (SSSR count). The molecule has 1 aliphatic heterocycles. The standard InChI is InChI=1S/C18H25N3O2S/c1-18(2,23)14-20-8-10-21(11-9-20)17(22)7-12-24-16-5-3-15(13-19)4-6-16/h3-6,23H,7-12,14H2,1-2H3. The predicted molar refractivity (Wildman–Crippen MR) is 95.8 cm³/mol. The second-order valence-electron chi connectivity index (χ2n) is 6.70. The quantitative estimate of drug-likeness (QED) is 0.797. The molecular weight excluding hydrogens is 322 g/mol. The van der Waals surface area contributed by atoms with Gasteiger partial charge in [-0.25, -0.2) is 0 Å². The number of amides is 1. The Hall–Kier alpha value is -1.55. The Morgan fingerprint density at radius 3 is 2.42 bits per heavy atom. The van der Waals surface area contributed by atoms with Gasteiger partial charge in [0.1, 0.15) is 0 Å². The Kier molecular flexibility index (Phi) is 6.67. The number of β-amino-alcohol motifs (C(OH)–C–C–N with tert-alkyl or cyclic N) is 1. The van der Waals surface area contributed by atoms with E-state index in [0.717, 1.165) is 36.8 Å². The Bertz CT molecular complexity index is 582. The van der Waals surface area contributed by atoms with Gasteiger partial charge in [-0.05, 0) is 38.1 Å². The number of rotatable bonds is 6. The molecule has 0 atom stereocenters. The molecule has 1 aliphatic rings. The zero-order chi connectivity index (χ0) is 17.6. The number of hydrogen-bond donors (Lipinski definition) is 1. The molecule has 1 fully saturated rings. The first-order valence-corrected chi connectivity index (χ1v) is 9.21. The van der Waals surface area contributed by atoms with Crippen molar-refractivity contribution in [2.75, 3.05) is 38.5 Å². The molecule has 5 nitrogen and oxygen atoms in total. The molecule has 130 valence electrons. The van der Waals surface area contributed by atoms with Crippen molar-refractivity contribution in [2.24, 2.45) is 0 Å². The van der Waals surface area contributed by atoms with Crippen LogP contribution in [0, 0.1) is 11.3 Å². The zero-order valence-electron chi connectivity index (χ0n) is 14.4. The van der Waals surface area contributed by atoms with Crippen LogP contribution in [0.4, 0.5) is 0 Å². The summed E-state index contributed by atoms with van der Waals surface area (Å²) in [5, 5.41) is 18.6. The normalized spacial score (nSPS) is 16.0. The highest BCUT2D eigenvalue weighted by atomic mass is 32.2. The van der Waals surface area contributed by atoms with Crippen molar-refractivity contribution in [3.05, 3.63) is 29.8 Å². The van der Waals surface area contributed by atoms with E-state index in [9.17, 15) is 9.90 Å². The minimum absolute atomic E-state index is 0.194. The lowest BCUT2D eigenvalue weighted by Gasteiger charge is -2.37. The lowest BCUT2D eigenvalue weighted by atomic mass is 10.1. The second-order valence-corrected chi connectivity index (χ2v) is 7.87. The molecule has 1 saturated heterocycles. The molecule has 6 heteroatoms. The van der Waals surface area contributed by atoms with E-state index in [1.807, 2.05) is 30.9 Å². The van der Waals surface area contributed by atoms with Crippen LogP contribution in [0.1, 0.15) is 25.8 Å². The predicted octanol–water partition coefficient (Wildman–Crippen LogP) is 1.96. The van der Waals surface area contributed by atoms with Gasteiger partial charge in [0, 0.05) is 49.8 Å². The summed E-state index contributed by atoms with van der Waals surface area (Å²) in [7, 11) is 0. The highest BCUT2D eigenvalue weighted by Crippen LogP contribution is 2.19. The Labute approximate surface area is 148 Å². The fourth-order valence-electron chi connectivity index (χ4n) is 2.74. The van der Waals surface area contributed by atoms with Crippen molar-refractivity contribution >= 4 is 17.7 Å². The number of piperazine rings is 1. The number of nitriles is 1. The molecule has 0 unspecified atom stereocenters. The molecule has 1 aromatic carbocycles. The number of hydrogen-bond acceptors (Lipinski definition) is 5. The fourth-order valence-corrected chi connectivity index (χ4v) is 3.58. The van der Waals surface area contributed by atoms with Crippen LogP contribution in [0.25, 0.3) is 0 Å². The van der Waals surface area contributed by atoms with E-state index < -0.39 is 5.60 Å². The number of carbonyl (C=O) groups is 1. The summed E-state index contributed by atoms with van der Waals surface area (Å²) in [6.07, 6.45) is 0.524. The van der Waals surface area contributed by atoms with Gasteiger partial charge in [-0.2, -0.15) is 5.26 Å². The van der Waals surface area contributed by atoms with E-state index in [1.54, 1.807) is 23.9 Å². The Morgan fingerprint density at radius 2 is 1.88 bits per heavy atom. The summed E-state index contributed by atoms with van der Waals surface area (Å²) in [5.74, 6) is 0.938. The van der Waals surface area contributed by atoms with Gasteiger partial charge in [-0.1, -0.05) is 0 Å². The second kappa shape index (κ2) is 8.52. The van der Waals surface area contributed by atoms with Gasteiger partial charge in [-0.3, -0.25) is 9.69 Å². The number of aliphatic hydroxyl groups is 1. The minimum atomic E-state index is -0.691. The largest absolute Gasteiger partial charge is 0.389 e. The first kappa shape index (κ1) is 18.8. The van der Waals surface area contributed by atoms with Crippen LogP contribution in [-0.4, -0.2) is 64.9 Å². The molecule has 0 spiro atoms. The maximum absolute atomic E-state index is 12.3. The third kappa shape index (κ3) is 6.16. The first-order valence-electron chi connectivity index (χ1n) is 8.23. The maximum atomic E-state index is 12.3. The monoisotopic (exact) mass is 347 g/mol. The van der Waals surface area contributed by atoms with E-state index in [2.05, 4.69) is 11.0 Å². The van der Waals surface area contributed by atoms with Gasteiger partial charge in [0.15, 0.2) is 0 Å². The van der Waals surface area contributed by atoms with Crippen LogP contribution in [-0.2, 0) is 4.79 Å². The molecule has 0 radical (unpaired) electrons. The molecule has 0 saturated carbocycles. The van der Waals surface area contributed by atoms with Crippen molar-refractivity contribution in [1.82, 2.24) is 9.80 Å². The van der Waals surface area contributed by atoms with Gasteiger partial charge in [0.05, 0.1) is 17.2 Å². The summed E-state index contributed by atoms with van der Waals surface area (Å²) in [4.78, 5) is 17.5. The summed E-state index contributed by atoms with van der Waals surface area (Å²) >= 11 is 1.64. The first-order chi connectivity index (χ1) is 11.4. The Balaban J connectivity index is 1.69. The third-order valence-corrected chi connectivity index (χ3v) is 4.92. The number of nitrogens with zero attached hydrogens (tertiary/aromatic N) is 3. The van der Waals surface area contributed by atoms with Crippen LogP contribution < -0.4 is 0 Å². The van der Waals surface area contributed by atoms with Gasteiger partial charge in [-0.15, -0.1) is 11.8 Å². The SMILES string of the molecule is CC(C)(O)CN1CCN(C(=O)CCSc2ccc(C#N)cc2)CC1. The molecule has 0 aromatic heterocycles. The fraction of sp³-hybridized carbons (Fsp3) is 0.556. The zero-order valence-corrected chi connectivity index (χ0v) is 15.2. The van der Waals surface area contributed by atoms with E-state index in [0.29, 0.717) is 18.5 Å². The lowest BCUT2D eigenvalue weighted by Crippen LogP contribution is -2.52. The van der Waals surface area contributed by atoms with Crippen molar-refractivity contribution in [3.8, 4) is 6.07 Å². The van der Waals surface area contributed by atoms with Crippen molar-refractivity contribution in [1.29, 1.82) is 5.26 Å². The highest BCUT2D eigenvalue weighted by molar-refractivity contribution is 7.99. The highest BCUT2D eigenvalue weighted by Gasteiger charge is 2.24. The lowest BCUT2D eigenvalue weighted by molar-refractivity contribution is -0.132. The average Bonchev–Trinajstić information content (AvgIpc) is 2.54. The minimum Gasteiger partial charge on any atom is -0.389 e. The van der Waals surface area contributed by atoms with Gasteiger partial charge in [0.25, 0.3) is 0 Å². The number of thioether (sulfide) groups is 1. The van der Waals surface area contributed by atoms with Crippen LogP contribution in [0.5, 0.6) is 0 Å². The van der Waals surface area contributed by atoms with Crippen LogP contribution in [0.15, 0.2) is 29.2 Å². The molecule has 1 N–H and O–H groups in total. The van der Waals surface area contributed by atoms with E-state index in [4.69, 9.17) is 5.26 Å². The summed E-state index contributed by atoms with van der Waals surface area (Å²) < 4.78 is 0. The van der Waals surface area contributed by atoms with Crippen molar-refractivity contribution in [2.45, 2.75) is 30.8 Å². The molecular formula is C18H25N3O2S. The molecule has 0 aliphatic carbocycles. The maximum Gasteiger partial charge on any atom is 0.223 e. The van der Waals surface area contributed by atoms with E-state index in [1.165, 1.54) is 0 Å². The molecule has 1 heterocycles. The molecule has 24 heavy (non-hydrogen) atoms. The van der Waals surface area contributed by atoms with Gasteiger partial charge >= 0.3 is 0 Å². The van der Waals surface area contributed by atoms with Crippen LogP contribution in [0.3, 0.4) is 0 Å². The molecule has 1 amide bonds. The van der Waals surface area contributed by atoms with Gasteiger partial charge in [0.2, 0.25) is 5.91 Å². The van der Waals surface area contributed by atoms with E-state index in [-0.39, 0.29) is 5.91 Å². The molecule has 1 aromatic rings. The Morgan fingerprint density at radius 1 is 1.25 bits per heavy atom. The van der Waals surface area contributed by atoms with Crippen LogP contribution >= 0.6 is 11.8 Å². The third-order valence-electron chi connectivity index (χ3n) is 3.90.